The van der Waals surface area contributed by atoms with Gasteiger partial charge in [-0.25, -0.2) is 14.6 Å². The lowest BCUT2D eigenvalue weighted by Crippen LogP contribution is -2.47. The van der Waals surface area contributed by atoms with Gasteiger partial charge in [0.05, 0.1) is 6.67 Å². The highest BCUT2D eigenvalue weighted by Crippen LogP contribution is 2.13. The fourth-order valence-electron chi connectivity index (χ4n) is 3.54. The number of aromatic nitrogens is 5. The molecule has 0 bridgehead atoms. The summed E-state index contributed by atoms with van der Waals surface area (Å²) in [6, 6.07) is 12.3. The van der Waals surface area contributed by atoms with E-state index in [2.05, 4.69) is 55.5 Å². The molecule has 1 aromatic carbocycles. The Morgan fingerprint density at radius 3 is 2.36 bits per heavy atom. The van der Waals surface area contributed by atoms with E-state index in [1.54, 1.807) is 12.4 Å². The van der Waals surface area contributed by atoms with Crippen molar-refractivity contribution in [3.05, 3.63) is 65.0 Å². The third-order valence-electron chi connectivity index (χ3n) is 5.06. The molecule has 8 heteroatoms. The maximum Gasteiger partial charge on any atom is 0.225 e. The molecule has 0 saturated carbocycles. The van der Waals surface area contributed by atoms with E-state index in [4.69, 9.17) is 17.3 Å². The van der Waals surface area contributed by atoms with Gasteiger partial charge in [0.25, 0.3) is 0 Å². The van der Waals surface area contributed by atoms with Crippen LogP contribution in [0, 0.1) is 4.77 Å². The summed E-state index contributed by atoms with van der Waals surface area (Å²) >= 11 is 5.70. The summed E-state index contributed by atoms with van der Waals surface area (Å²) in [4.78, 5) is 13.3. The zero-order chi connectivity index (χ0) is 19.3. The Labute approximate surface area is 170 Å². The van der Waals surface area contributed by atoms with Gasteiger partial charge < -0.3 is 9.47 Å². The monoisotopic (exact) mass is 395 g/mol. The molecule has 2 aromatic heterocycles. The predicted molar refractivity (Wildman–Crippen MR) is 112 cm³/mol. The van der Waals surface area contributed by atoms with Crippen LogP contribution in [0.1, 0.15) is 18.3 Å². The lowest BCUT2D eigenvalue weighted by Gasteiger charge is -2.34. The molecule has 0 atom stereocenters. The smallest absolute Gasteiger partial charge is 0.225 e. The molecule has 0 radical (unpaired) electrons. The minimum Gasteiger partial charge on any atom is -0.338 e. The van der Waals surface area contributed by atoms with Crippen molar-refractivity contribution in [2.75, 3.05) is 31.1 Å². The Bertz CT molecular complexity index is 944. The highest BCUT2D eigenvalue weighted by Gasteiger charge is 2.20. The summed E-state index contributed by atoms with van der Waals surface area (Å²) in [5.41, 5.74) is 1.25. The number of hydrogen-bond acceptors (Lipinski definition) is 6. The molecule has 28 heavy (non-hydrogen) atoms. The molecular weight excluding hydrogens is 370 g/mol. The van der Waals surface area contributed by atoms with Gasteiger partial charge in [-0.1, -0.05) is 30.3 Å². The van der Waals surface area contributed by atoms with Crippen LogP contribution >= 0.6 is 12.2 Å². The molecule has 0 aliphatic carbocycles. The molecule has 0 unspecified atom stereocenters. The van der Waals surface area contributed by atoms with E-state index in [-0.39, 0.29) is 0 Å². The first-order valence-electron chi connectivity index (χ1n) is 9.69. The van der Waals surface area contributed by atoms with Crippen LogP contribution in [0.3, 0.4) is 0 Å². The van der Waals surface area contributed by atoms with Crippen molar-refractivity contribution in [1.82, 2.24) is 29.2 Å². The molecule has 146 valence electrons. The standard InChI is InChI=1S/C20H25N7S/c1-2-26-18(15-17-7-4-3-5-8-17)23-27(20(26)28)16-24-11-13-25(14-12-24)19-21-9-6-10-22-19/h3-10H,2,11-16H2,1H3. The minimum absolute atomic E-state index is 0.719. The normalized spacial score (nSPS) is 15.1. The van der Waals surface area contributed by atoms with Gasteiger partial charge in [-0.05, 0) is 30.8 Å². The topological polar surface area (TPSA) is 55.0 Å². The molecule has 3 heterocycles. The molecule has 1 saturated heterocycles. The Kier molecular flexibility index (Phi) is 5.78. The maximum absolute atomic E-state index is 5.70. The summed E-state index contributed by atoms with van der Waals surface area (Å²) in [7, 11) is 0. The third kappa shape index (κ3) is 4.13. The Hall–Kier alpha value is -2.58. The fourth-order valence-corrected chi connectivity index (χ4v) is 3.87. The van der Waals surface area contributed by atoms with Crippen LogP contribution in [-0.2, 0) is 19.6 Å². The van der Waals surface area contributed by atoms with Crippen LogP contribution in [0.15, 0.2) is 48.8 Å². The number of benzene rings is 1. The van der Waals surface area contributed by atoms with E-state index < -0.39 is 0 Å². The molecule has 3 aromatic rings. The van der Waals surface area contributed by atoms with Crippen LogP contribution < -0.4 is 4.90 Å². The number of piperazine rings is 1. The number of rotatable bonds is 6. The highest BCUT2D eigenvalue weighted by atomic mass is 32.1. The number of anilines is 1. The summed E-state index contributed by atoms with van der Waals surface area (Å²) in [6.07, 6.45) is 4.38. The second-order valence-electron chi connectivity index (χ2n) is 6.90. The van der Waals surface area contributed by atoms with Gasteiger partial charge in [-0.2, -0.15) is 5.10 Å². The van der Waals surface area contributed by atoms with E-state index in [1.165, 1.54) is 5.56 Å². The van der Waals surface area contributed by atoms with E-state index in [0.717, 1.165) is 62.4 Å². The van der Waals surface area contributed by atoms with Crippen molar-refractivity contribution in [3.8, 4) is 0 Å². The molecule has 7 nitrogen and oxygen atoms in total. The van der Waals surface area contributed by atoms with Gasteiger partial charge in [-0.15, -0.1) is 0 Å². The van der Waals surface area contributed by atoms with Gasteiger partial charge in [0, 0.05) is 51.5 Å². The van der Waals surface area contributed by atoms with Crippen LogP contribution in [0.4, 0.5) is 5.95 Å². The predicted octanol–water partition coefficient (Wildman–Crippen LogP) is 2.59. The third-order valence-corrected chi connectivity index (χ3v) is 5.49. The molecule has 1 fully saturated rings. The highest BCUT2D eigenvalue weighted by molar-refractivity contribution is 7.71. The van der Waals surface area contributed by atoms with Gasteiger partial charge in [-0.3, -0.25) is 4.90 Å². The van der Waals surface area contributed by atoms with Crippen molar-refractivity contribution >= 4 is 18.2 Å². The summed E-state index contributed by atoms with van der Waals surface area (Å²) in [5.74, 6) is 1.83. The Morgan fingerprint density at radius 2 is 1.68 bits per heavy atom. The summed E-state index contributed by atoms with van der Waals surface area (Å²) in [5, 5.41) is 4.84. The number of nitrogens with zero attached hydrogens (tertiary/aromatic N) is 7. The molecule has 1 aliphatic rings. The van der Waals surface area contributed by atoms with E-state index in [0.29, 0.717) is 0 Å². The Balaban J connectivity index is 1.43. The first-order chi connectivity index (χ1) is 13.7. The van der Waals surface area contributed by atoms with Crippen LogP contribution in [0.25, 0.3) is 0 Å². The average Bonchev–Trinajstić information content (AvgIpc) is 3.04. The summed E-state index contributed by atoms with van der Waals surface area (Å²) in [6.45, 7) is 7.36. The van der Waals surface area contributed by atoms with Gasteiger partial charge in [0.1, 0.15) is 5.82 Å². The Morgan fingerprint density at radius 1 is 0.964 bits per heavy atom. The van der Waals surface area contributed by atoms with Crippen LogP contribution in [-0.4, -0.2) is 55.4 Å². The maximum atomic E-state index is 5.70. The van der Waals surface area contributed by atoms with Crippen LogP contribution in [0.2, 0.25) is 0 Å². The molecule has 0 N–H and O–H groups in total. The van der Waals surface area contributed by atoms with Gasteiger partial charge in [0.2, 0.25) is 5.95 Å². The first-order valence-corrected chi connectivity index (χ1v) is 10.1. The molecular formula is C20H25N7S. The number of hydrogen-bond donors (Lipinski definition) is 0. The quantitative estimate of drug-likeness (QED) is 0.598. The SMILES string of the molecule is CCn1c(Cc2ccccc2)nn(CN2CCN(c3ncccn3)CC2)c1=S. The van der Waals surface area contributed by atoms with Crippen molar-refractivity contribution in [2.24, 2.45) is 0 Å². The average molecular weight is 396 g/mol. The molecule has 0 amide bonds. The zero-order valence-corrected chi connectivity index (χ0v) is 16.9. The lowest BCUT2D eigenvalue weighted by molar-refractivity contribution is 0.193. The van der Waals surface area contributed by atoms with Crippen molar-refractivity contribution in [2.45, 2.75) is 26.6 Å². The second-order valence-corrected chi connectivity index (χ2v) is 7.27. The van der Waals surface area contributed by atoms with Crippen molar-refractivity contribution < 1.29 is 0 Å². The minimum atomic E-state index is 0.719. The van der Waals surface area contributed by atoms with E-state index in [1.807, 2.05) is 16.8 Å². The zero-order valence-electron chi connectivity index (χ0n) is 16.1. The van der Waals surface area contributed by atoms with E-state index >= 15 is 0 Å². The molecule has 0 spiro atoms. The lowest BCUT2D eigenvalue weighted by atomic mass is 10.1. The second kappa shape index (κ2) is 8.62. The largest absolute Gasteiger partial charge is 0.338 e. The molecule has 1 aliphatic heterocycles. The summed E-state index contributed by atoms with van der Waals surface area (Å²) < 4.78 is 4.89. The fraction of sp³-hybridized carbons (Fsp3) is 0.400. The van der Waals surface area contributed by atoms with Crippen molar-refractivity contribution in [1.29, 1.82) is 0 Å². The molecule has 4 rings (SSSR count). The van der Waals surface area contributed by atoms with Gasteiger partial charge >= 0.3 is 0 Å². The first kappa shape index (κ1) is 18.8. The van der Waals surface area contributed by atoms with E-state index in [9.17, 15) is 0 Å². The van der Waals surface area contributed by atoms with Gasteiger partial charge in [0.15, 0.2) is 4.77 Å². The van der Waals surface area contributed by atoms with Crippen molar-refractivity contribution in [3.63, 3.8) is 0 Å². The van der Waals surface area contributed by atoms with Crippen LogP contribution in [0.5, 0.6) is 0 Å².